The van der Waals surface area contributed by atoms with Crippen LogP contribution < -0.4 is 16.8 Å². The molecule has 0 radical (unpaired) electrons. The van der Waals surface area contributed by atoms with Crippen LogP contribution in [-0.4, -0.2) is 35.4 Å². The summed E-state index contributed by atoms with van der Waals surface area (Å²) in [6.07, 6.45) is 5.73. The maximum Gasteiger partial charge on any atom is 0.273 e. The minimum absolute atomic E-state index is 0.0571. The van der Waals surface area contributed by atoms with Crippen molar-refractivity contribution in [2.24, 2.45) is 12.8 Å². The number of aromatic nitrogens is 6. The average Bonchev–Trinajstić information content (AvgIpc) is 3.27. The molecule has 0 saturated heterocycles. The Kier molecular flexibility index (Phi) is 4.15. The first-order valence-corrected chi connectivity index (χ1v) is 8.65. The maximum absolute atomic E-state index is 11.7. The second-order valence-electron chi connectivity index (χ2n) is 6.32. The molecule has 3 heterocycles. The van der Waals surface area contributed by atoms with E-state index < -0.39 is 5.91 Å². The van der Waals surface area contributed by atoms with E-state index in [0.717, 1.165) is 34.3 Å². The van der Waals surface area contributed by atoms with E-state index in [-0.39, 0.29) is 17.5 Å². The Morgan fingerprint density at radius 1 is 1.25 bits per heavy atom. The molecule has 28 heavy (non-hydrogen) atoms. The van der Waals surface area contributed by atoms with E-state index in [2.05, 4.69) is 43.2 Å². The monoisotopic (exact) mass is 377 g/mol. The first-order valence-electron chi connectivity index (χ1n) is 8.65. The molecule has 10 nitrogen and oxygen atoms in total. The minimum Gasteiger partial charge on any atom is -0.366 e. The highest BCUT2D eigenvalue weighted by Gasteiger charge is 2.17. The SMILES string of the molecule is CCn1ccc2c(Nc3nc(N)nnc3C(N)=O)cc(-c3cnn(C)c3)cc21. The van der Waals surface area contributed by atoms with E-state index in [0.29, 0.717) is 0 Å². The molecule has 0 saturated carbocycles. The van der Waals surface area contributed by atoms with Gasteiger partial charge in [-0.1, -0.05) is 0 Å². The number of amides is 1. The predicted molar refractivity (Wildman–Crippen MR) is 106 cm³/mol. The minimum atomic E-state index is -0.742. The van der Waals surface area contributed by atoms with Gasteiger partial charge in [0.2, 0.25) is 5.95 Å². The number of benzene rings is 1. The second-order valence-corrected chi connectivity index (χ2v) is 6.32. The lowest BCUT2D eigenvalue weighted by Gasteiger charge is -2.12. The number of nitrogen functional groups attached to an aromatic ring is 1. The Balaban J connectivity index is 1.90. The Morgan fingerprint density at radius 3 is 2.75 bits per heavy atom. The van der Waals surface area contributed by atoms with Crippen LogP contribution in [0.5, 0.6) is 0 Å². The molecule has 1 amide bonds. The number of aryl methyl sites for hydroxylation is 2. The van der Waals surface area contributed by atoms with Gasteiger partial charge in [-0.2, -0.15) is 10.1 Å². The fourth-order valence-corrected chi connectivity index (χ4v) is 3.13. The number of carbonyl (C=O) groups is 1. The molecule has 10 heteroatoms. The molecule has 0 aliphatic heterocycles. The Hall–Kier alpha value is -3.95. The number of primary amides is 1. The molecule has 142 valence electrons. The van der Waals surface area contributed by atoms with Gasteiger partial charge in [-0.15, -0.1) is 10.2 Å². The third kappa shape index (κ3) is 3.00. The van der Waals surface area contributed by atoms with Crippen molar-refractivity contribution in [1.82, 2.24) is 29.5 Å². The van der Waals surface area contributed by atoms with Crippen LogP contribution >= 0.6 is 0 Å². The molecule has 3 aromatic heterocycles. The number of rotatable bonds is 5. The third-order valence-electron chi connectivity index (χ3n) is 4.46. The highest BCUT2D eigenvalue weighted by Crippen LogP contribution is 2.33. The van der Waals surface area contributed by atoms with Crippen LogP contribution in [0.1, 0.15) is 17.4 Å². The summed E-state index contributed by atoms with van der Waals surface area (Å²) in [5.74, 6) is -0.638. The highest BCUT2D eigenvalue weighted by atomic mass is 16.1. The van der Waals surface area contributed by atoms with E-state index in [1.54, 1.807) is 10.9 Å². The summed E-state index contributed by atoms with van der Waals surface area (Å²) in [7, 11) is 1.87. The van der Waals surface area contributed by atoms with Crippen molar-refractivity contribution in [3.05, 3.63) is 42.5 Å². The van der Waals surface area contributed by atoms with Crippen molar-refractivity contribution in [1.29, 1.82) is 0 Å². The fraction of sp³-hybridized carbons (Fsp3) is 0.167. The molecule has 1 aromatic carbocycles. The van der Waals surface area contributed by atoms with E-state index in [1.165, 1.54) is 0 Å². The summed E-state index contributed by atoms with van der Waals surface area (Å²) >= 11 is 0. The van der Waals surface area contributed by atoms with Gasteiger partial charge in [0.05, 0.1) is 11.7 Å². The maximum atomic E-state index is 11.7. The molecule has 5 N–H and O–H groups in total. The highest BCUT2D eigenvalue weighted by molar-refractivity contribution is 6.01. The molecule has 4 rings (SSSR count). The first kappa shape index (κ1) is 17.5. The number of nitrogens with one attached hydrogen (secondary N) is 1. The number of nitrogens with zero attached hydrogens (tertiary/aromatic N) is 6. The normalized spacial score (nSPS) is 11.1. The molecule has 0 aliphatic carbocycles. The Labute approximate surface area is 160 Å². The standard InChI is InChI=1S/C18H19N9O/c1-3-27-5-4-12-13(22-17-15(16(19)28)24-25-18(20)23-17)6-10(7-14(12)27)11-8-21-26(2)9-11/h4-9H,3H2,1-2H3,(H2,19,28)(H3,20,22,23,25). The topological polar surface area (TPSA) is 143 Å². The molecule has 0 aliphatic rings. The van der Waals surface area contributed by atoms with E-state index >= 15 is 0 Å². The van der Waals surface area contributed by atoms with Crippen LogP contribution in [0.25, 0.3) is 22.0 Å². The van der Waals surface area contributed by atoms with Crippen molar-refractivity contribution in [3.63, 3.8) is 0 Å². The van der Waals surface area contributed by atoms with Crippen molar-refractivity contribution >= 4 is 34.3 Å². The van der Waals surface area contributed by atoms with Crippen LogP contribution in [0.2, 0.25) is 0 Å². The van der Waals surface area contributed by atoms with E-state index in [1.807, 2.05) is 31.6 Å². The number of hydrogen-bond donors (Lipinski definition) is 3. The van der Waals surface area contributed by atoms with Gasteiger partial charge < -0.3 is 21.4 Å². The summed E-state index contributed by atoms with van der Waals surface area (Å²) in [5.41, 5.74) is 14.7. The van der Waals surface area contributed by atoms with Crippen molar-refractivity contribution in [2.75, 3.05) is 11.1 Å². The van der Waals surface area contributed by atoms with Gasteiger partial charge in [0.1, 0.15) is 0 Å². The van der Waals surface area contributed by atoms with E-state index in [4.69, 9.17) is 11.5 Å². The van der Waals surface area contributed by atoms with Crippen molar-refractivity contribution in [2.45, 2.75) is 13.5 Å². The number of nitrogens with two attached hydrogens (primary N) is 2. The van der Waals surface area contributed by atoms with Crippen molar-refractivity contribution < 1.29 is 4.79 Å². The van der Waals surface area contributed by atoms with Gasteiger partial charge >= 0.3 is 0 Å². The Bertz CT molecular complexity index is 1190. The number of hydrogen-bond acceptors (Lipinski definition) is 7. The second kappa shape index (κ2) is 6.65. The molecule has 0 atom stereocenters. The molecule has 4 aromatic rings. The molecular weight excluding hydrogens is 358 g/mol. The zero-order valence-corrected chi connectivity index (χ0v) is 15.4. The first-order chi connectivity index (χ1) is 13.5. The molecule has 0 unspecified atom stereocenters. The Morgan fingerprint density at radius 2 is 2.07 bits per heavy atom. The summed E-state index contributed by atoms with van der Waals surface area (Å²) in [6, 6.07) is 6.06. The van der Waals surface area contributed by atoms with Crippen LogP contribution in [-0.2, 0) is 13.6 Å². The van der Waals surface area contributed by atoms with Gasteiger partial charge in [0.25, 0.3) is 5.91 Å². The van der Waals surface area contributed by atoms with Crippen LogP contribution in [0, 0.1) is 0 Å². The average molecular weight is 377 g/mol. The van der Waals surface area contributed by atoms with Crippen molar-refractivity contribution in [3.8, 4) is 11.1 Å². The molecule has 0 fully saturated rings. The van der Waals surface area contributed by atoms with Gasteiger partial charge in [-0.05, 0) is 30.7 Å². The number of carbonyl (C=O) groups excluding carboxylic acids is 1. The zero-order valence-electron chi connectivity index (χ0n) is 15.4. The van der Waals surface area contributed by atoms with Gasteiger partial charge in [-0.3, -0.25) is 9.48 Å². The summed E-state index contributed by atoms with van der Waals surface area (Å²) in [6.45, 7) is 2.89. The van der Waals surface area contributed by atoms with Gasteiger partial charge in [0, 0.05) is 42.6 Å². The molecule has 0 spiro atoms. The molecular formula is C18H19N9O. The fourth-order valence-electron chi connectivity index (χ4n) is 3.13. The van der Waals surface area contributed by atoms with Crippen LogP contribution in [0.4, 0.5) is 17.5 Å². The lowest BCUT2D eigenvalue weighted by Crippen LogP contribution is -2.18. The lowest BCUT2D eigenvalue weighted by atomic mass is 10.1. The quantitative estimate of drug-likeness (QED) is 0.480. The van der Waals surface area contributed by atoms with Crippen LogP contribution in [0.15, 0.2) is 36.8 Å². The van der Waals surface area contributed by atoms with Crippen LogP contribution in [0.3, 0.4) is 0 Å². The summed E-state index contributed by atoms with van der Waals surface area (Å²) < 4.78 is 3.87. The predicted octanol–water partition coefficient (Wildman–Crippen LogP) is 1.67. The van der Waals surface area contributed by atoms with E-state index in [9.17, 15) is 4.79 Å². The zero-order chi connectivity index (χ0) is 19.8. The summed E-state index contributed by atoms with van der Waals surface area (Å²) in [5, 5.41) is 15.7. The number of fused-ring (bicyclic) bond motifs is 1. The summed E-state index contributed by atoms with van der Waals surface area (Å²) in [4.78, 5) is 15.8. The van der Waals surface area contributed by atoms with Gasteiger partial charge in [-0.25, -0.2) is 0 Å². The smallest absolute Gasteiger partial charge is 0.273 e. The number of anilines is 3. The third-order valence-corrected chi connectivity index (χ3v) is 4.46. The molecule has 0 bridgehead atoms. The van der Waals surface area contributed by atoms with Gasteiger partial charge in [0.15, 0.2) is 11.5 Å². The largest absolute Gasteiger partial charge is 0.366 e. The lowest BCUT2D eigenvalue weighted by molar-refractivity contribution is 0.0995.